The molecule has 0 atom stereocenters. The smallest absolute Gasteiger partial charge is 0.294 e. The van der Waals surface area contributed by atoms with E-state index in [0.717, 1.165) is 64.8 Å². The number of amides is 1. The highest BCUT2D eigenvalue weighted by molar-refractivity contribution is 9.10. The van der Waals surface area contributed by atoms with E-state index in [1.165, 1.54) is 18.3 Å². The average molecular weight is 716 g/mol. The Labute approximate surface area is 280 Å². The number of halogens is 1. The van der Waals surface area contributed by atoms with Gasteiger partial charge in [-0.05, 0) is 94.9 Å². The predicted octanol–water partition coefficient (Wildman–Crippen LogP) is 5.78. The molecule has 1 N–H and O–H groups in total. The van der Waals surface area contributed by atoms with Gasteiger partial charge in [0.05, 0.1) is 10.6 Å². The minimum Gasteiger partial charge on any atom is -0.618 e. The number of likely N-dealkylation sites (tertiary alicyclic amines) is 2. The largest absolute Gasteiger partial charge is 0.618 e. The molecule has 0 aliphatic carbocycles. The van der Waals surface area contributed by atoms with Crippen molar-refractivity contribution >= 4 is 37.7 Å². The molecule has 0 unspecified atom stereocenters. The first kappa shape index (κ1) is 35.5. The van der Waals surface area contributed by atoms with Crippen LogP contribution < -0.4 is 4.73 Å². The summed E-state index contributed by atoms with van der Waals surface area (Å²) in [6, 6.07) is 17.5. The Bertz CT molecular complexity index is 1620. The first-order valence-corrected chi connectivity index (χ1v) is 17.8. The van der Waals surface area contributed by atoms with Crippen molar-refractivity contribution in [2.24, 2.45) is 11.1 Å². The van der Waals surface area contributed by atoms with Gasteiger partial charge in [-0.3, -0.25) is 14.2 Å². The molecule has 10 nitrogen and oxygen atoms in total. The highest BCUT2D eigenvalue weighted by atomic mass is 79.9. The molecule has 0 saturated carbocycles. The van der Waals surface area contributed by atoms with Crippen molar-refractivity contribution in [2.45, 2.75) is 63.8 Å². The highest BCUT2D eigenvalue weighted by Gasteiger charge is 2.40. The van der Waals surface area contributed by atoms with Gasteiger partial charge >= 0.3 is 0 Å². The van der Waals surface area contributed by atoms with Crippen LogP contribution in [0.5, 0.6) is 0 Å². The Hall–Kier alpha value is -3.32. The third-order valence-corrected chi connectivity index (χ3v) is 10.4. The number of benzene rings is 2. The molecule has 1 amide bonds. The van der Waals surface area contributed by atoms with E-state index in [-0.39, 0.29) is 16.3 Å². The molecule has 2 fully saturated rings. The molecule has 12 heteroatoms. The molecule has 248 valence electrons. The minimum absolute atomic E-state index is 0.0257. The monoisotopic (exact) mass is 714 g/mol. The molecule has 2 aliphatic heterocycles. The number of piperidine rings is 2. The van der Waals surface area contributed by atoms with E-state index >= 15 is 0 Å². The van der Waals surface area contributed by atoms with E-state index in [1.54, 1.807) is 31.2 Å². The lowest BCUT2D eigenvalue weighted by molar-refractivity contribution is -0.612. The molecular weight excluding hydrogens is 672 g/mol. The summed E-state index contributed by atoms with van der Waals surface area (Å²) in [4.78, 5) is 23.2. The van der Waals surface area contributed by atoms with Crippen LogP contribution in [0.2, 0.25) is 0 Å². The van der Waals surface area contributed by atoms with Crippen LogP contribution >= 0.6 is 15.9 Å². The lowest BCUT2D eigenvalue weighted by atomic mass is 9.82. The molecule has 3 heterocycles. The number of pyridine rings is 1. The maximum absolute atomic E-state index is 13.3. The summed E-state index contributed by atoms with van der Waals surface area (Å²) in [5.41, 5.74) is 4.11. The Morgan fingerprint density at radius 2 is 1.65 bits per heavy atom. The number of oxime groups is 1. The molecule has 2 aliphatic rings. The summed E-state index contributed by atoms with van der Waals surface area (Å²) in [6.45, 7) is 11.9. The topological polar surface area (TPSA) is 126 Å². The molecule has 0 radical (unpaired) electrons. The van der Waals surface area contributed by atoms with Crippen LogP contribution in [0, 0.1) is 25.0 Å². The van der Waals surface area contributed by atoms with Gasteiger partial charge in [0.1, 0.15) is 12.2 Å². The van der Waals surface area contributed by atoms with Crippen LogP contribution in [0.3, 0.4) is 0 Å². The summed E-state index contributed by atoms with van der Waals surface area (Å²) in [6.07, 6.45) is 5.40. The SMILES string of the molecule is CCO/N=C(\c1ccc(Br)cc1)C1CCN(C2(C)CCN(C(=O)c3c(C)cc[n+]([O-])c3C)CC2)CC1.O=S(=O)(O)c1ccccc1. The van der Waals surface area contributed by atoms with Gasteiger partial charge in [0.2, 0.25) is 5.69 Å². The summed E-state index contributed by atoms with van der Waals surface area (Å²) < 4.78 is 31.1. The molecule has 0 bridgehead atoms. The van der Waals surface area contributed by atoms with Gasteiger partial charge in [0.15, 0.2) is 6.20 Å². The van der Waals surface area contributed by atoms with Crippen molar-refractivity contribution in [3.63, 3.8) is 0 Å². The van der Waals surface area contributed by atoms with Crippen molar-refractivity contribution in [1.82, 2.24) is 9.80 Å². The lowest BCUT2D eigenvalue weighted by Gasteiger charge is -2.49. The summed E-state index contributed by atoms with van der Waals surface area (Å²) in [5, 5.41) is 16.6. The van der Waals surface area contributed by atoms with Crippen LogP contribution in [0.25, 0.3) is 0 Å². The number of rotatable bonds is 7. The molecule has 5 rings (SSSR count). The van der Waals surface area contributed by atoms with Crippen molar-refractivity contribution in [2.75, 3.05) is 32.8 Å². The van der Waals surface area contributed by atoms with Gasteiger partial charge in [0, 0.05) is 42.0 Å². The van der Waals surface area contributed by atoms with Gasteiger partial charge < -0.3 is 14.9 Å². The third kappa shape index (κ3) is 8.72. The van der Waals surface area contributed by atoms with Crippen LogP contribution in [-0.2, 0) is 15.0 Å². The van der Waals surface area contributed by atoms with Gasteiger partial charge in [-0.25, -0.2) is 0 Å². The maximum Gasteiger partial charge on any atom is 0.294 e. The second kappa shape index (κ2) is 15.5. The molecule has 46 heavy (non-hydrogen) atoms. The van der Waals surface area contributed by atoms with Crippen molar-refractivity contribution < 1.29 is 27.3 Å². The van der Waals surface area contributed by atoms with E-state index < -0.39 is 10.1 Å². The zero-order valence-corrected chi connectivity index (χ0v) is 29.3. The summed E-state index contributed by atoms with van der Waals surface area (Å²) >= 11 is 3.52. The first-order chi connectivity index (χ1) is 21.8. The Kier molecular flexibility index (Phi) is 12.0. The van der Waals surface area contributed by atoms with E-state index in [4.69, 9.17) is 9.39 Å². The third-order valence-electron chi connectivity index (χ3n) is 9.01. The lowest BCUT2D eigenvalue weighted by Crippen LogP contribution is -2.57. The van der Waals surface area contributed by atoms with Gasteiger partial charge in [-0.15, -0.1) is 0 Å². The molecule has 0 spiro atoms. The van der Waals surface area contributed by atoms with E-state index in [2.05, 4.69) is 57.2 Å². The number of aromatic nitrogens is 1. The molecule has 3 aromatic rings. The van der Waals surface area contributed by atoms with Crippen LogP contribution in [0.1, 0.15) is 66.7 Å². The first-order valence-electron chi connectivity index (χ1n) is 15.6. The number of aryl methyl sites for hydroxylation is 1. The van der Waals surface area contributed by atoms with Crippen LogP contribution in [-0.4, -0.2) is 72.7 Å². The minimum atomic E-state index is -4.00. The Balaban J connectivity index is 0.000000409. The molecule has 2 aromatic carbocycles. The average Bonchev–Trinajstić information content (AvgIpc) is 3.05. The second-order valence-electron chi connectivity index (χ2n) is 12.0. The van der Waals surface area contributed by atoms with Gasteiger partial charge in [-0.2, -0.15) is 13.1 Å². The van der Waals surface area contributed by atoms with Crippen molar-refractivity contribution in [3.05, 3.63) is 98.9 Å². The molecule has 1 aromatic heterocycles. The zero-order chi connectivity index (χ0) is 33.5. The second-order valence-corrected chi connectivity index (χ2v) is 14.4. The Morgan fingerprint density at radius 1 is 1.04 bits per heavy atom. The quantitative estimate of drug-likeness (QED) is 0.108. The fourth-order valence-electron chi connectivity index (χ4n) is 6.16. The van der Waals surface area contributed by atoms with Crippen molar-refractivity contribution in [3.8, 4) is 0 Å². The summed E-state index contributed by atoms with van der Waals surface area (Å²) in [5.74, 6) is 0.337. The van der Waals surface area contributed by atoms with Crippen LogP contribution in [0.4, 0.5) is 0 Å². The summed E-state index contributed by atoms with van der Waals surface area (Å²) in [7, 11) is -4.00. The van der Waals surface area contributed by atoms with Gasteiger partial charge in [0.25, 0.3) is 16.0 Å². The fourth-order valence-corrected chi connectivity index (χ4v) is 6.93. The zero-order valence-electron chi connectivity index (χ0n) is 26.9. The number of hydrogen-bond acceptors (Lipinski definition) is 7. The number of carbonyl (C=O) groups is 1. The van der Waals surface area contributed by atoms with Gasteiger partial charge in [-0.1, -0.05) is 51.4 Å². The fraction of sp³-hybridized carbons (Fsp3) is 0.441. The Morgan fingerprint density at radius 3 is 2.20 bits per heavy atom. The van der Waals surface area contributed by atoms with E-state index in [1.807, 2.05) is 18.7 Å². The van der Waals surface area contributed by atoms with Crippen LogP contribution in [0.15, 0.2) is 81.4 Å². The predicted molar refractivity (Wildman–Crippen MR) is 181 cm³/mol. The van der Waals surface area contributed by atoms with Crippen molar-refractivity contribution in [1.29, 1.82) is 0 Å². The van der Waals surface area contributed by atoms with E-state index in [9.17, 15) is 18.4 Å². The van der Waals surface area contributed by atoms with E-state index in [0.29, 0.717) is 36.9 Å². The maximum atomic E-state index is 13.3. The number of carbonyl (C=O) groups excluding carboxylic acids is 1. The normalized spacial score (nSPS) is 17.6. The number of nitrogens with zero attached hydrogens (tertiary/aromatic N) is 4. The standard InChI is InChI=1S/C28H37BrN4O3.C6H6O3S/c1-5-36-30-26(22-6-8-24(29)9-7-22)23-11-15-32(16-12-23)28(4)13-18-31(19-14-28)27(34)25-20(2)10-17-33(35)21(25)3;7-10(8,9)6-4-2-1-3-5-6/h6-10,17,23H,5,11-16,18-19H2,1-4H3;1-5H,(H,7,8,9)/b30-26+;. The molecular formula is C34H43BrN4O6S. The highest BCUT2D eigenvalue weighted by Crippen LogP contribution is 2.34. The number of hydrogen-bond donors (Lipinski definition) is 1. The molecule has 2 saturated heterocycles.